The minimum absolute atomic E-state index is 0.0359. The van der Waals surface area contributed by atoms with Gasteiger partial charge in [-0.25, -0.2) is 4.39 Å². The summed E-state index contributed by atoms with van der Waals surface area (Å²) in [6.07, 6.45) is 3.88. The van der Waals surface area contributed by atoms with Crippen molar-refractivity contribution in [2.24, 2.45) is 0 Å². The van der Waals surface area contributed by atoms with Crippen molar-refractivity contribution in [3.05, 3.63) is 47.9 Å². The van der Waals surface area contributed by atoms with E-state index >= 15 is 0 Å². The summed E-state index contributed by atoms with van der Waals surface area (Å²) < 4.78 is 23.8. The van der Waals surface area contributed by atoms with Gasteiger partial charge in [-0.15, -0.1) is 0 Å². The van der Waals surface area contributed by atoms with Gasteiger partial charge in [0.2, 0.25) is 23.5 Å². The Kier molecular flexibility index (Phi) is 6.06. The molecule has 0 bridgehead atoms. The number of benzene rings is 1. The quantitative estimate of drug-likeness (QED) is 0.592. The van der Waals surface area contributed by atoms with Crippen molar-refractivity contribution in [3.8, 4) is 17.3 Å². The molecule has 0 atom stereocenters. The summed E-state index contributed by atoms with van der Waals surface area (Å²) in [6.45, 7) is 4.22. The number of halogens is 1. The number of carbonyl (C=O) groups excluding carboxylic acids is 1. The van der Waals surface area contributed by atoms with E-state index in [9.17, 15) is 9.18 Å². The van der Waals surface area contributed by atoms with E-state index in [2.05, 4.69) is 25.0 Å². The summed E-state index contributed by atoms with van der Waals surface area (Å²) in [5, 5.41) is 3.94. The Balaban J connectivity index is 1.29. The van der Waals surface area contributed by atoms with Gasteiger partial charge in [0, 0.05) is 44.6 Å². The van der Waals surface area contributed by atoms with Gasteiger partial charge < -0.3 is 19.1 Å². The molecule has 9 nitrogen and oxygen atoms in total. The van der Waals surface area contributed by atoms with Crippen LogP contribution in [0, 0.1) is 12.7 Å². The van der Waals surface area contributed by atoms with Gasteiger partial charge in [-0.3, -0.25) is 9.78 Å². The highest BCUT2D eigenvalue weighted by Crippen LogP contribution is 2.20. The van der Waals surface area contributed by atoms with E-state index in [1.165, 1.54) is 6.07 Å². The van der Waals surface area contributed by atoms with Gasteiger partial charge in [0.25, 0.3) is 0 Å². The van der Waals surface area contributed by atoms with Crippen LogP contribution in [0.5, 0.6) is 5.88 Å². The summed E-state index contributed by atoms with van der Waals surface area (Å²) >= 11 is 0. The van der Waals surface area contributed by atoms with Gasteiger partial charge >= 0.3 is 0 Å². The fraction of sp³-hybridized carbons (Fsp3) is 0.381. The third kappa shape index (κ3) is 4.79. The number of hydrogen-bond acceptors (Lipinski definition) is 8. The van der Waals surface area contributed by atoms with Crippen molar-refractivity contribution in [1.82, 2.24) is 25.0 Å². The Hall–Kier alpha value is -3.56. The van der Waals surface area contributed by atoms with Gasteiger partial charge in [-0.1, -0.05) is 5.16 Å². The highest BCUT2D eigenvalue weighted by molar-refractivity contribution is 5.76. The smallest absolute Gasteiger partial charge is 0.233 e. The molecule has 4 rings (SSSR count). The monoisotopic (exact) mass is 426 g/mol. The molecule has 1 aliphatic rings. The van der Waals surface area contributed by atoms with Crippen molar-refractivity contribution in [3.63, 3.8) is 0 Å². The van der Waals surface area contributed by atoms with Crippen LogP contribution >= 0.6 is 0 Å². The Morgan fingerprint density at radius 3 is 2.74 bits per heavy atom. The van der Waals surface area contributed by atoms with Crippen LogP contribution in [0.3, 0.4) is 0 Å². The first-order chi connectivity index (χ1) is 15.0. The molecule has 1 saturated heterocycles. The summed E-state index contributed by atoms with van der Waals surface area (Å²) in [7, 11) is 1.55. The molecular weight excluding hydrogens is 403 g/mol. The second-order valence-corrected chi connectivity index (χ2v) is 7.26. The number of amides is 1. The van der Waals surface area contributed by atoms with Crippen LogP contribution in [-0.2, 0) is 11.2 Å². The molecular formula is C21H23FN6O3. The lowest BCUT2D eigenvalue weighted by Crippen LogP contribution is -2.49. The Morgan fingerprint density at radius 1 is 1.19 bits per heavy atom. The summed E-state index contributed by atoms with van der Waals surface area (Å²) in [4.78, 5) is 29.4. The summed E-state index contributed by atoms with van der Waals surface area (Å²) in [5.74, 6) is 1.73. The van der Waals surface area contributed by atoms with E-state index in [0.29, 0.717) is 61.3 Å². The highest BCUT2D eigenvalue weighted by atomic mass is 19.1. The number of ether oxygens (including phenoxy) is 1. The molecule has 0 spiro atoms. The Morgan fingerprint density at radius 2 is 2.00 bits per heavy atom. The van der Waals surface area contributed by atoms with Gasteiger partial charge in [-0.05, 0) is 30.7 Å². The third-order valence-electron chi connectivity index (χ3n) is 5.20. The molecule has 1 aliphatic heterocycles. The van der Waals surface area contributed by atoms with Crippen LogP contribution in [-0.4, -0.2) is 64.2 Å². The second kappa shape index (κ2) is 9.07. The van der Waals surface area contributed by atoms with Gasteiger partial charge in [0.1, 0.15) is 5.82 Å². The predicted octanol–water partition coefficient (Wildman–Crippen LogP) is 2.26. The van der Waals surface area contributed by atoms with Crippen LogP contribution in [0.15, 0.2) is 35.1 Å². The number of anilines is 1. The predicted molar refractivity (Wildman–Crippen MR) is 110 cm³/mol. The van der Waals surface area contributed by atoms with Gasteiger partial charge in [0.05, 0.1) is 19.5 Å². The first kappa shape index (κ1) is 20.7. The average Bonchev–Trinajstić information content (AvgIpc) is 3.28. The number of carbonyl (C=O) groups is 1. The molecule has 10 heteroatoms. The fourth-order valence-electron chi connectivity index (χ4n) is 3.40. The van der Waals surface area contributed by atoms with Crippen LogP contribution in [0.4, 0.5) is 10.2 Å². The molecule has 0 radical (unpaired) electrons. The third-order valence-corrected chi connectivity index (χ3v) is 5.20. The van der Waals surface area contributed by atoms with Gasteiger partial charge in [0.15, 0.2) is 5.82 Å². The summed E-state index contributed by atoms with van der Waals surface area (Å²) in [6, 6.07) is 4.65. The zero-order chi connectivity index (χ0) is 21.8. The van der Waals surface area contributed by atoms with Gasteiger partial charge in [-0.2, -0.15) is 9.97 Å². The first-order valence-electron chi connectivity index (χ1n) is 10.0. The van der Waals surface area contributed by atoms with Crippen molar-refractivity contribution < 1.29 is 18.4 Å². The van der Waals surface area contributed by atoms with Crippen LogP contribution in [0.25, 0.3) is 11.4 Å². The lowest BCUT2D eigenvalue weighted by atomic mass is 10.1. The number of aromatic nitrogens is 4. The van der Waals surface area contributed by atoms with E-state index in [0.717, 1.165) is 5.82 Å². The molecule has 1 amide bonds. The summed E-state index contributed by atoms with van der Waals surface area (Å²) in [5.41, 5.74) is 1.19. The molecule has 162 valence electrons. The van der Waals surface area contributed by atoms with E-state index in [1.54, 1.807) is 38.6 Å². The average molecular weight is 426 g/mol. The SMILES string of the molecule is COc1cncc(N2CCN(C(=O)CCc3nc(-c4ccc(F)c(C)c4)no3)CC2)n1. The molecule has 0 N–H and O–H groups in total. The molecule has 3 heterocycles. The normalized spacial score (nSPS) is 14.0. The molecule has 1 aromatic carbocycles. The lowest BCUT2D eigenvalue weighted by Gasteiger charge is -2.35. The highest BCUT2D eigenvalue weighted by Gasteiger charge is 2.23. The number of methoxy groups -OCH3 is 1. The van der Waals surface area contributed by atoms with Crippen molar-refractivity contribution in [2.45, 2.75) is 19.8 Å². The first-order valence-corrected chi connectivity index (χ1v) is 10.0. The Bertz CT molecular complexity index is 1060. The molecule has 3 aromatic rings. The molecule has 0 unspecified atom stereocenters. The Labute approximate surface area is 178 Å². The zero-order valence-corrected chi connectivity index (χ0v) is 17.4. The number of rotatable bonds is 6. The van der Waals surface area contributed by atoms with Crippen molar-refractivity contribution in [1.29, 1.82) is 0 Å². The van der Waals surface area contributed by atoms with Crippen molar-refractivity contribution >= 4 is 11.7 Å². The second-order valence-electron chi connectivity index (χ2n) is 7.26. The topological polar surface area (TPSA) is 97.5 Å². The molecule has 31 heavy (non-hydrogen) atoms. The van der Waals surface area contributed by atoms with E-state index in [4.69, 9.17) is 9.26 Å². The minimum atomic E-state index is -0.281. The largest absolute Gasteiger partial charge is 0.480 e. The number of hydrogen-bond donors (Lipinski definition) is 0. The van der Waals surface area contributed by atoms with Crippen molar-refractivity contribution in [2.75, 3.05) is 38.2 Å². The maximum atomic E-state index is 13.4. The number of aryl methyl sites for hydroxylation is 2. The minimum Gasteiger partial charge on any atom is -0.480 e. The van der Waals surface area contributed by atoms with Crippen LogP contribution < -0.4 is 9.64 Å². The number of nitrogens with zero attached hydrogens (tertiary/aromatic N) is 6. The molecule has 1 fully saturated rings. The molecule has 2 aromatic heterocycles. The molecule has 0 aliphatic carbocycles. The van der Waals surface area contributed by atoms with E-state index < -0.39 is 0 Å². The fourth-order valence-corrected chi connectivity index (χ4v) is 3.40. The lowest BCUT2D eigenvalue weighted by molar-refractivity contribution is -0.131. The maximum absolute atomic E-state index is 13.4. The van der Waals surface area contributed by atoms with Crippen LogP contribution in [0.2, 0.25) is 0 Å². The molecule has 0 saturated carbocycles. The van der Waals surface area contributed by atoms with E-state index in [-0.39, 0.29) is 18.1 Å². The number of piperazine rings is 1. The standard InChI is InChI=1S/C21H23FN6O3/c1-14-11-15(3-4-16(14)22)21-25-18(31-26-21)5-6-20(29)28-9-7-27(8-10-28)17-12-23-13-19(24-17)30-2/h3-4,11-13H,5-10H2,1-2H3. The van der Waals surface area contributed by atoms with Crippen LogP contribution in [0.1, 0.15) is 17.9 Å². The zero-order valence-electron chi connectivity index (χ0n) is 17.4. The van der Waals surface area contributed by atoms with E-state index in [1.807, 2.05) is 4.90 Å². The maximum Gasteiger partial charge on any atom is 0.233 e.